The Morgan fingerprint density at radius 1 is 1.47 bits per heavy atom. The highest BCUT2D eigenvalue weighted by Gasteiger charge is 2.20. The molecule has 0 aliphatic rings. The summed E-state index contributed by atoms with van der Waals surface area (Å²) in [6, 6.07) is 3.79. The van der Waals surface area contributed by atoms with Crippen LogP contribution in [-0.2, 0) is 0 Å². The predicted octanol–water partition coefficient (Wildman–Crippen LogP) is 0.848. The Morgan fingerprint density at radius 2 is 2.18 bits per heavy atom. The minimum absolute atomic E-state index is 0.498. The summed E-state index contributed by atoms with van der Waals surface area (Å²) in [7, 11) is 5.72. The lowest BCUT2D eigenvalue weighted by atomic mass is 10.1. The average Bonchev–Trinajstić information content (AvgIpc) is 2.25. The van der Waals surface area contributed by atoms with E-state index in [-0.39, 0.29) is 0 Å². The second-order valence-electron chi connectivity index (χ2n) is 4.77. The maximum Gasteiger partial charge on any atom is 0.127 e. The minimum atomic E-state index is -0.757. The molecule has 1 aromatic rings. The van der Waals surface area contributed by atoms with E-state index in [2.05, 4.69) is 15.6 Å². The summed E-state index contributed by atoms with van der Waals surface area (Å²) in [5, 5.41) is 16.3. The first-order valence-electron chi connectivity index (χ1n) is 5.68. The molecule has 96 valence electrons. The molecule has 5 nitrogen and oxygen atoms in total. The van der Waals surface area contributed by atoms with Gasteiger partial charge in [-0.1, -0.05) is 0 Å². The highest BCUT2D eigenvalue weighted by molar-refractivity contribution is 5.51. The lowest BCUT2D eigenvalue weighted by Gasteiger charge is -2.27. The zero-order valence-corrected chi connectivity index (χ0v) is 11.0. The van der Waals surface area contributed by atoms with Crippen LogP contribution in [0.25, 0.3) is 0 Å². The smallest absolute Gasteiger partial charge is 0.127 e. The molecule has 0 aromatic carbocycles. The van der Waals surface area contributed by atoms with Crippen molar-refractivity contribution in [2.24, 2.45) is 0 Å². The highest BCUT2D eigenvalue weighted by Crippen LogP contribution is 2.13. The van der Waals surface area contributed by atoms with Gasteiger partial charge >= 0.3 is 0 Å². The molecule has 0 radical (unpaired) electrons. The van der Waals surface area contributed by atoms with Gasteiger partial charge in [0.1, 0.15) is 5.82 Å². The lowest BCUT2D eigenvalue weighted by Crippen LogP contribution is -2.43. The summed E-state index contributed by atoms with van der Waals surface area (Å²) in [5.41, 5.74) is 0.190. The van der Waals surface area contributed by atoms with E-state index >= 15 is 0 Å². The van der Waals surface area contributed by atoms with Gasteiger partial charge in [-0.15, -0.1) is 0 Å². The Hall–Kier alpha value is -1.33. The Kier molecular flexibility index (Phi) is 4.72. The van der Waals surface area contributed by atoms with Gasteiger partial charge < -0.3 is 20.6 Å². The summed E-state index contributed by atoms with van der Waals surface area (Å²) in [6.45, 7) is 2.93. The summed E-state index contributed by atoms with van der Waals surface area (Å²) in [4.78, 5) is 6.09. The zero-order chi connectivity index (χ0) is 12.9. The van der Waals surface area contributed by atoms with Gasteiger partial charge in [0.25, 0.3) is 0 Å². The molecule has 1 unspecified atom stereocenters. The molecule has 0 fully saturated rings. The first-order chi connectivity index (χ1) is 7.93. The number of nitrogens with one attached hydrogen (secondary N) is 2. The van der Waals surface area contributed by atoms with E-state index in [0.717, 1.165) is 11.5 Å². The van der Waals surface area contributed by atoms with Gasteiger partial charge in [-0.3, -0.25) is 0 Å². The molecule has 0 saturated carbocycles. The van der Waals surface area contributed by atoms with Crippen molar-refractivity contribution in [2.45, 2.75) is 12.5 Å². The second kappa shape index (κ2) is 5.84. The molecule has 1 aromatic heterocycles. The Bertz CT molecular complexity index is 352. The topological polar surface area (TPSA) is 60.4 Å². The number of anilines is 2. The molecule has 0 amide bonds. The van der Waals surface area contributed by atoms with Crippen LogP contribution in [0, 0.1) is 0 Å². The van der Waals surface area contributed by atoms with E-state index < -0.39 is 5.60 Å². The number of pyridine rings is 1. The molecule has 0 bridgehead atoms. The van der Waals surface area contributed by atoms with Crippen molar-refractivity contribution in [3.8, 4) is 0 Å². The standard InChI is InChI=1S/C12H22N4O/c1-12(17,9-16(3)4)8-15-10-5-6-14-11(7-10)13-2/h5-7,17H,8-9H2,1-4H3,(H2,13,14,15). The summed E-state index contributed by atoms with van der Waals surface area (Å²) < 4.78 is 0. The number of rotatable bonds is 6. The molecule has 1 rings (SSSR count). The van der Waals surface area contributed by atoms with Crippen molar-refractivity contribution in [3.63, 3.8) is 0 Å². The van der Waals surface area contributed by atoms with Crippen molar-refractivity contribution >= 4 is 11.5 Å². The van der Waals surface area contributed by atoms with Gasteiger partial charge in [0, 0.05) is 38.1 Å². The number of nitrogens with zero attached hydrogens (tertiary/aromatic N) is 2. The van der Waals surface area contributed by atoms with E-state index in [9.17, 15) is 5.11 Å². The number of hydrogen-bond donors (Lipinski definition) is 3. The molecule has 3 N–H and O–H groups in total. The van der Waals surface area contributed by atoms with Crippen LogP contribution in [0.4, 0.5) is 11.5 Å². The predicted molar refractivity (Wildman–Crippen MR) is 71.5 cm³/mol. The van der Waals surface area contributed by atoms with E-state index in [1.54, 1.807) is 6.20 Å². The van der Waals surface area contributed by atoms with Gasteiger partial charge in [-0.25, -0.2) is 4.98 Å². The summed E-state index contributed by atoms with van der Waals surface area (Å²) in [5.74, 6) is 0.808. The van der Waals surface area contributed by atoms with E-state index in [0.29, 0.717) is 13.1 Å². The Balaban J connectivity index is 2.54. The number of aromatic nitrogens is 1. The maximum absolute atomic E-state index is 10.1. The van der Waals surface area contributed by atoms with E-state index in [4.69, 9.17) is 0 Å². The fourth-order valence-electron chi connectivity index (χ4n) is 1.71. The fraction of sp³-hybridized carbons (Fsp3) is 0.583. The molecular weight excluding hydrogens is 216 g/mol. The van der Waals surface area contributed by atoms with Crippen LogP contribution in [-0.4, -0.2) is 54.8 Å². The molecule has 0 saturated heterocycles. The Morgan fingerprint density at radius 3 is 2.76 bits per heavy atom. The largest absolute Gasteiger partial charge is 0.387 e. The van der Waals surface area contributed by atoms with Crippen LogP contribution < -0.4 is 10.6 Å². The van der Waals surface area contributed by atoms with Crippen molar-refractivity contribution in [1.29, 1.82) is 0 Å². The highest BCUT2D eigenvalue weighted by atomic mass is 16.3. The van der Waals surface area contributed by atoms with Gasteiger partial charge in [0.2, 0.25) is 0 Å². The van der Waals surface area contributed by atoms with Gasteiger partial charge in [0.05, 0.1) is 5.60 Å². The van der Waals surface area contributed by atoms with Crippen LogP contribution in [0.2, 0.25) is 0 Å². The molecule has 0 aliphatic carbocycles. The van der Waals surface area contributed by atoms with Crippen LogP contribution in [0.3, 0.4) is 0 Å². The SMILES string of the molecule is CNc1cc(NCC(C)(O)CN(C)C)ccn1. The van der Waals surface area contributed by atoms with Crippen LogP contribution in [0.15, 0.2) is 18.3 Å². The van der Waals surface area contributed by atoms with E-state index in [1.807, 2.05) is 45.1 Å². The summed E-state index contributed by atoms with van der Waals surface area (Å²) >= 11 is 0. The number of hydrogen-bond acceptors (Lipinski definition) is 5. The summed E-state index contributed by atoms with van der Waals surface area (Å²) in [6.07, 6.45) is 1.73. The normalized spacial score (nSPS) is 14.5. The molecule has 1 atom stereocenters. The average molecular weight is 238 g/mol. The quantitative estimate of drug-likeness (QED) is 0.686. The maximum atomic E-state index is 10.1. The first kappa shape index (κ1) is 13.7. The van der Waals surface area contributed by atoms with Crippen molar-refractivity contribution in [2.75, 3.05) is 44.9 Å². The third-order valence-electron chi connectivity index (χ3n) is 2.35. The fourth-order valence-corrected chi connectivity index (χ4v) is 1.71. The minimum Gasteiger partial charge on any atom is -0.387 e. The Labute approximate surface area is 103 Å². The van der Waals surface area contributed by atoms with Crippen molar-refractivity contribution in [1.82, 2.24) is 9.88 Å². The third kappa shape index (κ3) is 5.01. The van der Waals surface area contributed by atoms with Crippen LogP contribution in [0.5, 0.6) is 0 Å². The monoisotopic (exact) mass is 238 g/mol. The molecule has 0 spiro atoms. The van der Waals surface area contributed by atoms with Crippen molar-refractivity contribution in [3.05, 3.63) is 18.3 Å². The van der Waals surface area contributed by atoms with Crippen LogP contribution >= 0.6 is 0 Å². The molecule has 0 aliphatic heterocycles. The number of likely N-dealkylation sites (N-methyl/N-ethyl adjacent to an activating group) is 1. The molecule has 5 heteroatoms. The third-order valence-corrected chi connectivity index (χ3v) is 2.35. The second-order valence-corrected chi connectivity index (χ2v) is 4.77. The lowest BCUT2D eigenvalue weighted by molar-refractivity contribution is 0.0460. The number of aliphatic hydroxyl groups is 1. The van der Waals surface area contributed by atoms with Gasteiger partial charge in [0.15, 0.2) is 0 Å². The van der Waals surface area contributed by atoms with Gasteiger partial charge in [-0.2, -0.15) is 0 Å². The first-order valence-corrected chi connectivity index (χ1v) is 5.68. The van der Waals surface area contributed by atoms with Gasteiger partial charge in [-0.05, 0) is 27.1 Å². The van der Waals surface area contributed by atoms with Crippen LogP contribution in [0.1, 0.15) is 6.92 Å². The molecule has 17 heavy (non-hydrogen) atoms. The zero-order valence-electron chi connectivity index (χ0n) is 11.0. The molecule has 1 heterocycles. The van der Waals surface area contributed by atoms with Crippen molar-refractivity contribution < 1.29 is 5.11 Å². The van der Waals surface area contributed by atoms with E-state index in [1.165, 1.54) is 0 Å². The molecular formula is C12H22N4O.